The average molecular weight is 524 g/mol. The van der Waals surface area contributed by atoms with Gasteiger partial charge in [-0.25, -0.2) is 4.39 Å². The van der Waals surface area contributed by atoms with E-state index in [0.717, 1.165) is 24.5 Å². The molecule has 2 aromatic carbocycles. The second-order valence-corrected chi connectivity index (χ2v) is 7.19. The molecule has 1 aliphatic heterocycles. The summed E-state index contributed by atoms with van der Waals surface area (Å²) in [5.74, 6) is 0.694. The first-order valence-electron chi connectivity index (χ1n) is 10.3. The van der Waals surface area contributed by atoms with Crippen LogP contribution in [-0.4, -0.2) is 36.4 Å². The third kappa shape index (κ3) is 7.27. The molecule has 3 rings (SSSR count). The molecule has 2 aromatic rings. The van der Waals surface area contributed by atoms with Crippen molar-refractivity contribution in [2.75, 3.05) is 19.6 Å². The minimum absolute atomic E-state index is 0. The van der Waals surface area contributed by atoms with E-state index >= 15 is 0 Å². The second-order valence-electron chi connectivity index (χ2n) is 7.19. The number of nitrogens with one attached hydrogen (secondary N) is 2. The van der Waals surface area contributed by atoms with Crippen LogP contribution >= 0.6 is 24.0 Å². The van der Waals surface area contributed by atoms with E-state index in [9.17, 15) is 9.18 Å². The quantitative estimate of drug-likeness (QED) is 0.239. The lowest BCUT2D eigenvalue weighted by Gasteiger charge is -2.15. The number of carbonyl (C=O) groups is 1. The van der Waals surface area contributed by atoms with Gasteiger partial charge >= 0.3 is 0 Å². The summed E-state index contributed by atoms with van der Waals surface area (Å²) < 4.78 is 13.2. The van der Waals surface area contributed by atoms with E-state index in [4.69, 9.17) is 0 Å². The number of nitrogens with zero attached hydrogens (tertiary/aromatic N) is 2. The summed E-state index contributed by atoms with van der Waals surface area (Å²) in [4.78, 5) is 18.9. The molecule has 30 heavy (non-hydrogen) atoms. The van der Waals surface area contributed by atoms with Crippen LogP contribution in [0.5, 0.6) is 0 Å². The molecule has 7 heteroatoms. The summed E-state index contributed by atoms with van der Waals surface area (Å²) >= 11 is 0. The first-order chi connectivity index (χ1) is 14.2. The van der Waals surface area contributed by atoms with E-state index in [0.29, 0.717) is 39.0 Å². The molecule has 162 valence electrons. The third-order valence-electron chi connectivity index (χ3n) is 4.95. The smallest absolute Gasteiger partial charge is 0.223 e. The molecule has 0 fully saturated rings. The largest absolute Gasteiger partial charge is 0.357 e. The highest BCUT2D eigenvalue weighted by Gasteiger charge is 2.22. The van der Waals surface area contributed by atoms with Crippen LogP contribution in [-0.2, 0) is 24.3 Å². The number of benzene rings is 2. The Balaban J connectivity index is 0.00000320. The van der Waals surface area contributed by atoms with Gasteiger partial charge in [-0.2, -0.15) is 0 Å². The van der Waals surface area contributed by atoms with Crippen molar-refractivity contribution in [2.45, 2.75) is 39.3 Å². The monoisotopic (exact) mass is 524 g/mol. The molecule has 1 amide bonds. The molecule has 0 saturated heterocycles. The number of halogens is 2. The number of aliphatic imine (C=N–C) groups is 1. The summed E-state index contributed by atoms with van der Waals surface area (Å²) in [5, 5.41) is 6.47. The van der Waals surface area contributed by atoms with Crippen LogP contribution < -0.4 is 10.6 Å². The van der Waals surface area contributed by atoms with Gasteiger partial charge in [0, 0.05) is 39.1 Å². The van der Waals surface area contributed by atoms with Crippen LogP contribution in [0.15, 0.2) is 53.5 Å². The van der Waals surface area contributed by atoms with Crippen LogP contribution in [0.25, 0.3) is 0 Å². The number of amides is 1. The molecule has 1 heterocycles. The predicted octanol–water partition coefficient (Wildman–Crippen LogP) is 3.86. The van der Waals surface area contributed by atoms with Gasteiger partial charge in [0.1, 0.15) is 5.82 Å². The van der Waals surface area contributed by atoms with Crippen molar-refractivity contribution in [3.05, 3.63) is 71.0 Å². The molecule has 0 aromatic heterocycles. The molecule has 2 N–H and O–H groups in total. The van der Waals surface area contributed by atoms with Crippen molar-refractivity contribution in [1.29, 1.82) is 0 Å². The summed E-state index contributed by atoms with van der Waals surface area (Å²) in [6.45, 7) is 5.45. The van der Waals surface area contributed by atoms with E-state index in [-0.39, 0.29) is 35.7 Å². The van der Waals surface area contributed by atoms with Crippen molar-refractivity contribution in [3.8, 4) is 0 Å². The van der Waals surface area contributed by atoms with Gasteiger partial charge in [-0.3, -0.25) is 9.79 Å². The van der Waals surface area contributed by atoms with Gasteiger partial charge in [0.15, 0.2) is 5.96 Å². The number of hydrogen-bond donors (Lipinski definition) is 2. The van der Waals surface area contributed by atoms with Gasteiger partial charge in [0.05, 0.1) is 0 Å². The Morgan fingerprint density at radius 2 is 1.83 bits per heavy atom. The highest BCUT2D eigenvalue weighted by Crippen LogP contribution is 2.22. The molecule has 0 unspecified atom stereocenters. The second kappa shape index (κ2) is 12.5. The molecule has 0 atom stereocenters. The lowest BCUT2D eigenvalue weighted by Crippen LogP contribution is -2.38. The van der Waals surface area contributed by atoms with Crippen molar-refractivity contribution in [2.24, 2.45) is 4.99 Å². The predicted molar refractivity (Wildman–Crippen MR) is 129 cm³/mol. The van der Waals surface area contributed by atoms with E-state index in [2.05, 4.69) is 27.8 Å². The van der Waals surface area contributed by atoms with Crippen LogP contribution in [0, 0.1) is 5.82 Å². The molecule has 0 aliphatic carbocycles. The van der Waals surface area contributed by atoms with Gasteiger partial charge in [-0.05, 0) is 48.6 Å². The maximum Gasteiger partial charge on any atom is 0.223 e. The molecule has 0 radical (unpaired) electrons. The Hall–Kier alpha value is -2.16. The van der Waals surface area contributed by atoms with Gasteiger partial charge < -0.3 is 15.5 Å². The average Bonchev–Trinajstić information content (AvgIpc) is 3.15. The zero-order chi connectivity index (χ0) is 20.5. The first-order valence-corrected chi connectivity index (χ1v) is 10.3. The Morgan fingerprint density at radius 3 is 2.50 bits per heavy atom. The highest BCUT2D eigenvalue weighted by molar-refractivity contribution is 14.0. The summed E-state index contributed by atoms with van der Waals surface area (Å²) in [6, 6.07) is 14.8. The molecular weight excluding hydrogens is 494 g/mol. The number of guanidine groups is 1. The van der Waals surface area contributed by atoms with Crippen LogP contribution in [0.3, 0.4) is 0 Å². The van der Waals surface area contributed by atoms with E-state index in [1.54, 1.807) is 12.1 Å². The third-order valence-corrected chi connectivity index (χ3v) is 4.95. The fourth-order valence-corrected chi connectivity index (χ4v) is 3.45. The van der Waals surface area contributed by atoms with E-state index in [1.807, 2.05) is 30.0 Å². The van der Waals surface area contributed by atoms with E-state index in [1.165, 1.54) is 17.2 Å². The minimum Gasteiger partial charge on any atom is -0.357 e. The molecular formula is C23H30FIN4O. The summed E-state index contributed by atoms with van der Waals surface area (Å²) in [5.41, 5.74) is 3.44. The Morgan fingerprint density at radius 1 is 1.10 bits per heavy atom. The number of fused-ring (bicyclic) bond motifs is 1. The van der Waals surface area contributed by atoms with Gasteiger partial charge in [0.2, 0.25) is 5.91 Å². The minimum atomic E-state index is -0.214. The summed E-state index contributed by atoms with van der Waals surface area (Å²) in [7, 11) is 0. The van der Waals surface area contributed by atoms with Crippen molar-refractivity contribution >= 4 is 35.8 Å². The number of hydrogen-bond acceptors (Lipinski definition) is 2. The molecule has 1 aliphatic rings. The Bertz CT molecular complexity index is 834. The Labute approximate surface area is 195 Å². The van der Waals surface area contributed by atoms with Crippen LogP contribution in [0.2, 0.25) is 0 Å². The first kappa shape index (κ1) is 24.1. The molecule has 0 saturated carbocycles. The standard InChI is InChI=1S/C23H29FN4O.HI/c1-2-25-23(27-14-12-18-7-5-10-21(24)15-18)26-13-6-11-22(29)28-16-19-8-3-4-9-20(19)17-28;/h3-5,7-10,15H,2,6,11-14,16-17H2,1H3,(H2,25,26,27);1H. The number of carbonyl (C=O) groups excluding carboxylic acids is 1. The van der Waals surface area contributed by atoms with Gasteiger partial charge in [0.25, 0.3) is 0 Å². The summed E-state index contributed by atoms with van der Waals surface area (Å²) in [6.07, 6.45) is 1.93. The zero-order valence-corrected chi connectivity index (χ0v) is 19.7. The SMILES string of the molecule is CCNC(=NCCCC(=O)N1Cc2ccccc2C1)NCCc1cccc(F)c1.I. The van der Waals surface area contributed by atoms with Crippen molar-refractivity contribution in [1.82, 2.24) is 15.5 Å². The van der Waals surface area contributed by atoms with Crippen molar-refractivity contribution in [3.63, 3.8) is 0 Å². The molecule has 0 spiro atoms. The maximum atomic E-state index is 13.2. The topological polar surface area (TPSA) is 56.7 Å². The lowest BCUT2D eigenvalue weighted by molar-refractivity contribution is -0.131. The van der Waals surface area contributed by atoms with Crippen LogP contribution in [0.1, 0.15) is 36.5 Å². The maximum absolute atomic E-state index is 13.2. The Kier molecular flexibility index (Phi) is 10.1. The van der Waals surface area contributed by atoms with Crippen molar-refractivity contribution < 1.29 is 9.18 Å². The molecule has 0 bridgehead atoms. The molecule has 5 nitrogen and oxygen atoms in total. The van der Waals surface area contributed by atoms with Gasteiger partial charge in [-0.15, -0.1) is 24.0 Å². The van der Waals surface area contributed by atoms with Crippen LogP contribution in [0.4, 0.5) is 4.39 Å². The highest BCUT2D eigenvalue weighted by atomic mass is 127. The zero-order valence-electron chi connectivity index (χ0n) is 17.4. The lowest BCUT2D eigenvalue weighted by atomic mass is 10.1. The normalized spacial score (nSPS) is 12.9. The van der Waals surface area contributed by atoms with Gasteiger partial charge in [-0.1, -0.05) is 36.4 Å². The van der Waals surface area contributed by atoms with E-state index < -0.39 is 0 Å². The fourth-order valence-electron chi connectivity index (χ4n) is 3.45. The number of rotatable bonds is 8. The fraction of sp³-hybridized carbons (Fsp3) is 0.391.